The largest absolute Gasteiger partial charge is 0.503 e. The number of phenols is 1. The van der Waals surface area contributed by atoms with Crippen molar-refractivity contribution in [2.45, 2.75) is 6.42 Å². The van der Waals surface area contributed by atoms with Crippen LogP contribution in [0.1, 0.15) is 11.3 Å². The lowest BCUT2D eigenvalue weighted by Gasteiger charge is -2.16. The fourth-order valence-corrected chi connectivity index (χ4v) is 3.02. The zero-order valence-electron chi connectivity index (χ0n) is 13.8. The Bertz CT molecular complexity index is 995. The summed E-state index contributed by atoms with van der Waals surface area (Å²) in [4.78, 5) is 13.5. The van der Waals surface area contributed by atoms with E-state index in [1.807, 2.05) is 24.3 Å². The average molecular weight is 331 g/mol. The minimum Gasteiger partial charge on any atom is -0.503 e. The summed E-state index contributed by atoms with van der Waals surface area (Å²) in [6.45, 7) is 0.654. The van der Waals surface area contributed by atoms with Gasteiger partial charge < -0.3 is 9.84 Å². The third-order valence-electron chi connectivity index (χ3n) is 4.27. The quantitative estimate of drug-likeness (QED) is 0.793. The molecule has 0 saturated carbocycles. The molecule has 0 atom stereocenters. The number of pyridine rings is 1. The van der Waals surface area contributed by atoms with Gasteiger partial charge in [0.05, 0.1) is 19.0 Å². The number of aromatic nitrogens is 1. The smallest absolute Gasteiger partial charge is 0.184 e. The zero-order valence-corrected chi connectivity index (χ0v) is 13.8. The highest BCUT2D eigenvalue weighted by atomic mass is 16.5. The number of hydrogen-bond donors (Lipinski definition) is 1. The molecule has 5 nitrogen and oxygen atoms in total. The van der Waals surface area contributed by atoms with Gasteiger partial charge in [0.15, 0.2) is 11.5 Å². The summed E-state index contributed by atoms with van der Waals surface area (Å²) in [6.07, 6.45) is 4.26. The summed E-state index contributed by atoms with van der Waals surface area (Å²) in [5.41, 5.74) is 3.21. The summed E-state index contributed by atoms with van der Waals surface area (Å²) >= 11 is 0. The van der Waals surface area contributed by atoms with Crippen LogP contribution in [-0.4, -0.2) is 35.7 Å². The highest BCUT2D eigenvalue weighted by Crippen LogP contribution is 2.44. The molecule has 25 heavy (non-hydrogen) atoms. The van der Waals surface area contributed by atoms with E-state index < -0.39 is 0 Å². The molecule has 1 aliphatic heterocycles. The lowest BCUT2D eigenvalue weighted by molar-refractivity contribution is 0.375. The summed E-state index contributed by atoms with van der Waals surface area (Å²) in [5, 5.41) is 12.1. The first-order valence-corrected chi connectivity index (χ1v) is 8.09. The van der Waals surface area contributed by atoms with E-state index >= 15 is 0 Å². The molecule has 4 rings (SSSR count). The van der Waals surface area contributed by atoms with Crippen molar-refractivity contribution < 1.29 is 9.84 Å². The standard InChI is InChI=1S/C20H17N3O2/c1-25-16-11-14-8-10-22-18-15(12-23-19(17(14)18)20(16)24)21-9-7-13-5-3-2-4-6-13/h2-6,8,10-12,24H,7,9H2,1H3. The van der Waals surface area contributed by atoms with E-state index in [1.54, 1.807) is 18.5 Å². The van der Waals surface area contributed by atoms with E-state index in [1.165, 1.54) is 12.7 Å². The van der Waals surface area contributed by atoms with Gasteiger partial charge in [-0.2, -0.15) is 0 Å². The maximum atomic E-state index is 10.3. The van der Waals surface area contributed by atoms with Gasteiger partial charge in [-0.05, 0) is 29.5 Å². The van der Waals surface area contributed by atoms with E-state index in [2.05, 4.69) is 27.1 Å². The SMILES string of the molecule is COc1cc2ccnc3c2c(c1O)N=CC3=NCCc1ccccc1. The molecular formula is C20H17N3O2. The van der Waals surface area contributed by atoms with Crippen LogP contribution in [0.4, 0.5) is 5.69 Å². The van der Waals surface area contributed by atoms with Crippen molar-refractivity contribution in [3.05, 3.63) is 59.9 Å². The second-order valence-corrected chi connectivity index (χ2v) is 5.79. The van der Waals surface area contributed by atoms with Crippen LogP contribution in [0.5, 0.6) is 11.5 Å². The summed E-state index contributed by atoms with van der Waals surface area (Å²) < 4.78 is 5.23. The second kappa shape index (κ2) is 6.36. The first-order valence-electron chi connectivity index (χ1n) is 8.09. The van der Waals surface area contributed by atoms with Gasteiger partial charge in [0.2, 0.25) is 0 Å². The molecule has 5 heteroatoms. The Balaban J connectivity index is 1.72. The number of rotatable bonds is 4. The van der Waals surface area contributed by atoms with Crippen molar-refractivity contribution in [2.24, 2.45) is 9.98 Å². The van der Waals surface area contributed by atoms with Crippen molar-refractivity contribution in [1.82, 2.24) is 4.98 Å². The molecule has 0 radical (unpaired) electrons. The van der Waals surface area contributed by atoms with E-state index in [9.17, 15) is 5.11 Å². The Morgan fingerprint density at radius 3 is 2.80 bits per heavy atom. The Labute approximate surface area is 145 Å². The molecule has 0 aliphatic carbocycles. The Morgan fingerprint density at radius 1 is 1.16 bits per heavy atom. The Kier molecular flexibility index (Phi) is 3.90. The van der Waals surface area contributed by atoms with Crippen LogP contribution >= 0.6 is 0 Å². The van der Waals surface area contributed by atoms with Gasteiger partial charge >= 0.3 is 0 Å². The number of methoxy groups -OCH3 is 1. The first-order chi connectivity index (χ1) is 12.3. The first kappa shape index (κ1) is 15.3. The van der Waals surface area contributed by atoms with Crippen molar-refractivity contribution in [3.8, 4) is 11.5 Å². The van der Waals surface area contributed by atoms with Crippen LogP contribution < -0.4 is 4.74 Å². The van der Waals surface area contributed by atoms with Gasteiger partial charge in [0, 0.05) is 18.1 Å². The van der Waals surface area contributed by atoms with Gasteiger partial charge in [-0.15, -0.1) is 0 Å². The average Bonchev–Trinajstić information content (AvgIpc) is 2.66. The molecule has 1 aromatic heterocycles. The minimum atomic E-state index is 0.0313. The van der Waals surface area contributed by atoms with E-state index in [0.29, 0.717) is 18.0 Å². The van der Waals surface area contributed by atoms with Gasteiger partial charge in [-0.3, -0.25) is 9.98 Å². The number of ether oxygens (including phenoxy) is 1. The molecule has 3 aromatic rings. The summed E-state index contributed by atoms with van der Waals surface area (Å²) in [7, 11) is 1.53. The third-order valence-corrected chi connectivity index (χ3v) is 4.27. The number of aliphatic imine (C=N–C) groups is 2. The van der Waals surface area contributed by atoms with Gasteiger partial charge in [-0.25, -0.2) is 4.99 Å². The second-order valence-electron chi connectivity index (χ2n) is 5.79. The number of benzene rings is 2. The maximum absolute atomic E-state index is 10.3. The molecule has 0 saturated heterocycles. The van der Waals surface area contributed by atoms with Crippen LogP contribution in [0, 0.1) is 0 Å². The van der Waals surface area contributed by atoms with Crippen LogP contribution in [0.25, 0.3) is 10.8 Å². The summed E-state index contributed by atoms with van der Waals surface area (Å²) in [6, 6.07) is 13.9. The molecule has 124 valence electrons. The molecule has 0 spiro atoms. The van der Waals surface area contributed by atoms with Crippen LogP contribution in [-0.2, 0) is 6.42 Å². The van der Waals surface area contributed by atoms with Gasteiger partial charge in [-0.1, -0.05) is 30.3 Å². The monoisotopic (exact) mass is 331 g/mol. The topological polar surface area (TPSA) is 67.1 Å². The molecule has 1 aliphatic rings. The predicted octanol–water partition coefficient (Wildman–Crippen LogP) is 3.70. The minimum absolute atomic E-state index is 0.0313. The molecule has 0 bridgehead atoms. The molecule has 0 fully saturated rings. The summed E-state index contributed by atoms with van der Waals surface area (Å²) in [5.74, 6) is 0.435. The van der Waals surface area contributed by atoms with E-state index in [-0.39, 0.29) is 5.75 Å². The molecule has 2 heterocycles. The fraction of sp³-hybridized carbons (Fsp3) is 0.150. The maximum Gasteiger partial charge on any atom is 0.184 e. The third kappa shape index (κ3) is 2.74. The van der Waals surface area contributed by atoms with Crippen molar-refractivity contribution in [3.63, 3.8) is 0 Å². The predicted molar refractivity (Wildman–Crippen MR) is 99.7 cm³/mol. The van der Waals surface area contributed by atoms with Crippen LogP contribution in [0.15, 0.2) is 58.6 Å². The number of nitrogens with zero attached hydrogens (tertiary/aromatic N) is 3. The van der Waals surface area contributed by atoms with Crippen LogP contribution in [0.3, 0.4) is 0 Å². The lowest BCUT2D eigenvalue weighted by atomic mass is 10.0. The zero-order chi connectivity index (χ0) is 17.2. The molecular weight excluding hydrogens is 314 g/mol. The fourth-order valence-electron chi connectivity index (χ4n) is 3.02. The Morgan fingerprint density at radius 2 is 2.00 bits per heavy atom. The van der Waals surface area contributed by atoms with Crippen LogP contribution in [0.2, 0.25) is 0 Å². The van der Waals surface area contributed by atoms with Crippen molar-refractivity contribution in [2.75, 3.05) is 13.7 Å². The Hall–Kier alpha value is -3.21. The molecule has 1 N–H and O–H groups in total. The van der Waals surface area contributed by atoms with Gasteiger partial charge in [0.1, 0.15) is 11.4 Å². The van der Waals surface area contributed by atoms with Crippen molar-refractivity contribution >= 4 is 28.4 Å². The van der Waals surface area contributed by atoms with Gasteiger partial charge in [0.25, 0.3) is 0 Å². The number of aromatic hydroxyl groups is 1. The van der Waals surface area contributed by atoms with E-state index in [4.69, 9.17) is 4.74 Å². The highest BCUT2D eigenvalue weighted by molar-refractivity contribution is 6.43. The lowest BCUT2D eigenvalue weighted by Crippen LogP contribution is -2.11. The molecule has 2 aromatic carbocycles. The van der Waals surface area contributed by atoms with Crippen molar-refractivity contribution in [1.29, 1.82) is 0 Å². The molecule has 0 amide bonds. The molecule has 0 unspecified atom stereocenters. The number of phenolic OH excluding ortho intramolecular Hbond substituents is 1. The normalized spacial score (nSPS) is 14.2. The number of hydrogen-bond acceptors (Lipinski definition) is 5. The highest BCUT2D eigenvalue weighted by Gasteiger charge is 2.21. The van der Waals surface area contributed by atoms with E-state index in [0.717, 1.165) is 28.6 Å².